The average molecular weight is 289 g/mol. The van der Waals surface area contributed by atoms with Crippen LogP contribution in [0.1, 0.15) is 43.5 Å². The molecule has 0 aromatic heterocycles. The Balaban J connectivity index is 1.96. The van der Waals surface area contributed by atoms with E-state index in [1.54, 1.807) is 0 Å². The molecule has 0 aliphatic carbocycles. The highest BCUT2D eigenvalue weighted by atomic mass is 16.1. The number of rotatable bonds is 5. The van der Waals surface area contributed by atoms with Gasteiger partial charge in [-0.2, -0.15) is 0 Å². The molecule has 4 nitrogen and oxygen atoms in total. The maximum Gasteiger partial charge on any atom is 0.253 e. The number of carbonyl (C=O) groups is 1. The van der Waals surface area contributed by atoms with Gasteiger partial charge in [0.1, 0.15) is 0 Å². The van der Waals surface area contributed by atoms with E-state index in [2.05, 4.69) is 36.4 Å². The third-order valence-electron chi connectivity index (χ3n) is 4.04. The molecule has 4 heteroatoms. The zero-order valence-corrected chi connectivity index (χ0v) is 13.4. The number of hydrogen-bond acceptors (Lipinski definition) is 3. The van der Waals surface area contributed by atoms with Gasteiger partial charge in [0, 0.05) is 24.3 Å². The van der Waals surface area contributed by atoms with Crippen LogP contribution in [0, 0.1) is 0 Å². The number of anilines is 1. The first kappa shape index (κ1) is 15.8. The molecule has 1 saturated heterocycles. The Labute approximate surface area is 127 Å². The smallest absolute Gasteiger partial charge is 0.253 e. The van der Waals surface area contributed by atoms with Crippen molar-refractivity contribution in [1.82, 2.24) is 10.2 Å². The maximum atomic E-state index is 12.4. The monoisotopic (exact) mass is 289 g/mol. The predicted molar refractivity (Wildman–Crippen MR) is 87.8 cm³/mol. The van der Waals surface area contributed by atoms with E-state index in [0.29, 0.717) is 12.1 Å². The molecular weight excluding hydrogens is 262 g/mol. The van der Waals surface area contributed by atoms with Gasteiger partial charge in [-0.15, -0.1) is 0 Å². The van der Waals surface area contributed by atoms with E-state index in [4.69, 9.17) is 0 Å². The summed E-state index contributed by atoms with van der Waals surface area (Å²) in [7, 11) is 2.14. The van der Waals surface area contributed by atoms with Gasteiger partial charge in [0.15, 0.2) is 0 Å². The van der Waals surface area contributed by atoms with E-state index in [0.717, 1.165) is 24.3 Å². The minimum absolute atomic E-state index is 0.0118. The van der Waals surface area contributed by atoms with E-state index in [1.807, 2.05) is 24.3 Å². The number of likely N-dealkylation sites (tertiary alicyclic amines) is 1. The third-order valence-corrected chi connectivity index (χ3v) is 4.04. The molecule has 1 aliphatic rings. The van der Waals surface area contributed by atoms with Crippen LogP contribution in [0.5, 0.6) is 0 Å². The molecule has 116 valence electrons. The molecule has 1 aromatic carbocycles. The Morgan fingerprint density at radius 1 is 1.33 bits per heavy atom. The van der Waals surface area contributed by atoms with Crippen LogP contribution in [-0.4, -0.2) is 43.0 Å². The zero-order valence-electron chi connectivity index (χ0n) is 13.4. The van der Waals surface area contributed by atoms with Crippen molar-refractivity contribution in [3.05, 3.63) is 29.8 Å². The second kappa shape index (κ2) is 7.46. The van der Waals surface area contributed by atoms with E-state index in [1.165, 1.54) is 19.3 Å². The lowest BCUT2D eigenvalue weighted by Crippen LogP contribution is -2.44. The molecule has 1 atom stereocenters. The van der Waals surface area contributed by atoms with Crippen molar-refractivity contribution in [2.75, 3.05) is 25.5 Å². The van der Waals surface area contributed by atoms with Crippen LogP contribution >= 0.6 is 0 Å². The minimum atomic E-state index is 0.0118. The molecule has 2 N–H and O–H groups in total. The van der Waals surface area contributed by atoms with Gasteiger partial charge in [0.25, 0.3) is 5.91 Å². The van der Waals surface area contributed by atoms with Crippen molar-refractivity contribution in [2.45, 2.75) is 45.2 Å². The lowest BCUT2D eigenvalue weighted by atomic mass is 10.0. The normalized spacial score (nSPS) is 19.5. The molecular formula is C17H27N3O. The van der Waals surface area contributed by atoms with Crippen LogP contribution in [0.25, 0.3) is 0 Å². The Morgan fingerprint density at radius 2 is 2.10 bits per heavy atom. The van der Waals surface area contributed by atoms with Gasteiger partial charge in [-0.05, 0) is 52.4 Å². The van der Waals surface area contributed by atoms with Gasteiger partial charge in [-0.3, -0.25) is 4.79 Å². The van der Waals surface area contributed by atoms with Crippen LogP contribution in [0.4, 0.5) is 5.69 Å². The van der Waals surface area contributed by atoms with Crippen molar-refractivity contribution < 1.29 is 4.79 Å². The van der Waals surface area contributed by atoms with Crippen LogP contribution < -0.4 is 10.6 Å². The van der Waals surface area contributed by atoms with E-state index >= 15 is 0 Å². The fourth-order valence-electron chi connectivity index (χ4n) is 2.83. The number of amides is 1. The molecule has 0 radical (unpaired) electrons. The summed E-state index contributed by atoms with van der Waals surface area (Å²) in [4.78, 5) is 14.8. The Kier molecular flexibility index (Phi) is 5.62. The quantitative estimate of drug-likeness (QED) is 0.876. The predicted octanol–water partition coefficient (Wildman–Crippen LogP) is 2.72. The van der Waals surface area contributed by atoms with Gasteiger partial charge >= 0.3 is 0 Å². The Morgan fingerprint density at radius 3 is 2.81 bits per heavy atom. The molecule has 1 fully saturated rings. The molecule has 1 amide bonds. The summed E-state index contributed by atoms with van der Waals surface area (Å²) < 4.78 is 0. The highest BCUT2D eigenvalue weighted by Crippen LogP contribution is 2.17. The summed E-state index contributed by atoms with van der Waals surface area (Å²) in [6.07, 6.45) is 3.70. The minimum Gasteiger partial charge on any atom is -0.382 e. The van der Waals surface area contributed by atoms with E-state index in [9.17, 15) is 4.79 Å². The maximum absolute atomic E-state index is 12.4. The Bertz CT molecular complexity index is 473. The number of carbonyl (C=O) groups excluding carboxylic acids is 1. The molecule has 0 bridgehead atoms. The van der Waals surface area contributed by atoms with Crippen molar-refractivity contribution in [2.24, 2.45) is 0 Å². The summed E-state index contributed by atoms with van der Waals surface area (Å²) in [5.74, 6) is 0.0118. The molecule has 1 aliphatic heterocycles. The van der Waals surface area contributed by atoms with Gasteiger partial charge in [0.2, 0.25) is 0 Å². The standard InChI is InChI=1S/C17H27N3O/c1-13(2)19-16-10-5-4-9-15(16)17(21)18-12-14-8-6-7-11-20(14)3/h4-5,9-10,13-14,19H,6-8,11-12H2,1-3H3,(H,18,21). The van der Waals surface area contributed by atoms with Crippen molar-refractivity contribution in [1.29, 1.82) is 0 Å². The van der Waals surface area contributed by atoms with Gasteiger partial charge in [0.05, 0.1) is 5.56 Å². The first-order valence-electron chi connectivity index (χ1n) is 7.92. The largest absolute Gasteiger partial charge is 0.382 e. The lowest BCUT2D eigenvalue weighted by molar-refractivity contribution is 0.0929. The zero-order chi connectivity index (χ0) is 15.2. The topological polar surface area (TPSA) is 44.4 Å². The fourth-order valence-corrected chi connectivity index (χ4v) is 2.83. The average Bonchev–Trinajstić information content (AvgIpc) is 2.46. The molecule has 2 rings (SSSR count). The van der Waals surface area contributed by atoms with Gasteiger partial charge in [-0.25, -0.2) is 0 Å². The summed E-state index contributed by atoms with van der Waals surface area (Å²) >= 11 is 0. The van der Waals surface area contributed by atoms with Crippen molar-refractivity contribution in [3.63, 3.8) is 0 Å². The number of hydrogen-bond donors (Lipinski definition) is 2. The number of nitrogens with one attached hydrogen (secondary N) is 2. The molecule has 0 saturated carbocycles. The molecule has 1 unspecified atom stereocenters. The summed E-state index contributed by atoms with van der Waals surface area (Å²) in [5.41, 5.74) is 1.63. The van der Waals surface area contributed by atoms with Gasteiger partial charge < -0.3 is 15.5 Å². The van der Waals surface area contributed by atoms with Crippen LogP contribution in [0.2, 0.25) is 0 Å². The van der Waals surface area contributed by atoms with E-state index in [-0.39, 0.29) is 5.91 Å². The first-order valence-corrected chi connectivity index (χ1v) is 7.92. The van der Waals surface area contributed by atoms with Crippen molar-refractivity contribution in [3.8, 4) is 0 Å². The second-order valence-electron chi connectivity index (χ2n) is 6.18. The summed E-state index contributed by atoms with van der Waals surface area (Å²) in [6.45, 7) is 6.01. The third kappa shape index (κ3) is 4.46. The second-order valence-corrected chi connectivity index (χ2v) is 6.18. The van der Waals surface area contributed by atoms with Crippen molar-refractivity contribution >= 4 is 11.6 Å². The summed E-state index contributed by atoms with van der Waals surface area (Å²) in [5, 5.41) is 6.42. The highest BCUT2D eigenvalue weighted by Gasteiger charge is 2.20. The Hall–Kier alpha value is -1.55. The number of benzene rings is 1. The fraction of sp³-hybridized carbons (Fsp3) is 0.588. The molecule has 1 aromatic rings. The molecule has 1 heterocycles. The number of para-hydroxylation sites is 1. The number of nitrogens with zero attached hydrogens (tertiary/aromatic N) is 1. The van der Waals surface area contributed by atoms with E-state index < -0.39 is 0 Å². The first-order chi connectivity index (χ1) is 10.1. The molecule has 0 spiro atoms. The SMILES string of the molecule is CC(C)Nc1ccccc1C(=O)NCC1CCCCN1C. The number of piperidine rings is 1. The van der Waals surface area contributed by atoms with Gasteiger partial charge in [-0.1, -0.05) is 18.6 Å². The lowest BCUT2D eigenvalue weighted by Gasteiger charge is -2.32. The van der Waals surface area contributed by atoms with Crippen LogP contribution in [0.15, 0.2) is 24.3 Å². The summed E-state index contributed by atoms with van der Waals surface area (Å²) in [6, 6.07) is 8.48. The van der Waals surface area contributed by atoms with Crippen LogP contribution in [0.3, 0.4) is 0 Å². The molecule has 21 heavy (non-hydrogen) atoms. The highest BCUT2D eigenvalue weighted by molar-refractivity contribution is 5.99. The number of likely N-dealkylation sites (N-methyl/N-ethyl adjacent to an activating group) is 1. The van der Waals surface area contributed by atoms with Crippen LogP contribution in [-0.2, 0) is 0 Å².